The zero-order valence-corrected chi connectivity index (χ0v) is 13.8. The van der Waals surface area contributed by atoms with Gasteiger partial charge in [0.1, 0.15) is 5.54 Å². The van der Waals surface area contributed by atoms with Crippen LogP contribution in [0.1, 0.15) is 44.6 Å². The molecule has 6 heteroatoms. The highest BCUT2D eigenvalue weighted by molar-refractivity contribution is 14.1. The number of esters is 1. The van der Waals surface area contributed by atoms with E-state index in [9.17, 15) is 4.79 Å². The minimum absolute atomic E-state index is 0.115. The van der Waals surface area contributed by atoms with Crippen molar-refractivity contribution >= 4 is 28.6 Å². The van der Waals surface area contributed by atoms with Crippen LogP contribution in [0.5, 0.6) is 0 Å². The Balaban J connectivity index is 1.80. The Morgan fingerprint density at radius 3 is 2.95 bits per heavy atom. The average Bonchev–Trinajstić information content (AvgIpc) is 3.16. The van der Waals surface area contributed by atoms with Crippen molar-refractivity contribution in [1.29, 1.82) is 0 Å². The number of carbonyl (C=O) groups is 1. The Kier molecular flexibility index (Phi) is 4.03. The highest BCUT2D eigenvalue weighted by Gasteiger charge is 2.47. The van der Waals surface area contributed by atoms with E-state index < -0.39 is 5.54 Å². The lowest BCUT2D eigenvalue weighted by Crippen LogP contribution is -2.56. The van der Waals surface area contributed by atoms with Crippen LogP contribution in [0.15, 0.2) is 12.4 Å². The first-order chi connectivity index (χ1) is 9.63. The molecule has 1 aromatic rings. The zero-order chi connectivity index (χ0) is 14.2. The van der Waals surface area contributed by atoms with Crippen LogP contribution >= 0.6 is 22.6 Å². The van der Waals surface area contributed by atoms with Crippen LogP contribution in [0.3, 0.4) is 0 Å². The number of halogens is 1. The molecule has 0 bridgehead atoms. The summed E-state index contributed by atoms with van der Waals surface area (Å²) in [6, 6.07) is 0.767. The minimum Gasteiger partial charge on any atom is -0.468 e. The van der Waals surface area contributed by atoms with E-state index in [1.807, 2.05) is 10.9 Å². The Morgan fingerprint density at radius 2 is 2.35 bits per heavy atom. The highest BCUT2D eigenvalue weighted by Crippen LogP contribution is 2.38. The molecule has 0 radical (unpaired) electrons. The molecule has 0 aromatic carbocycles. The van der Waals surface area contributed by atoms with Gasteiger partial charge in [0.05, 0.1) is 22.9 Å². The van der Waals surface area contributed by atoms with E-state index >= 15 is 0 Å². The number of carbonyl (C=O) groups excluding carboxylic acids is 1. The molecular formula is C14H20IN3O2. The summed E-state index contributed by atoms with van der Waals surface area (Å²) in [7, 11) is 1.49. The molecule has 110 valence electrons. The molecule has 20 heavy (non-hydrogen) atoms. The second kappa shape index (κ2) is 5.63. The number of methoxy groups -OCH3 is 1. The van der Waals surface area contributed by atoms with E-state index in [1.165, 1.54) is 20.0 Å². The van der Waals surface area contributed by atoms with Crippen molar-refractivity contribution < 1.29 is 9.53 Å². The van der Waals surface area contributed by atoms with Gasteiger partial charge in [0.25, 0.3) is 0 Å². The molecule has 2 fully saturated rings. The molecule has 2 saturated carbocycles. The molecule has 1 heterocycles. The van der Waals surface area contributed by atoms with Crippen LogP contribution in [-0.2, 0) is 9.53 Å². The lowest BCUT2D eigenvalue weighted by molar-refractivity contribution is -0.151. The third kappa shape index (κ3) is 2.86. The summed E-state index contributed by atoms with van der Waals surface area (Å²) in [4.78, 5) is 12.3. The Morgan fingerprint density at radius 1 is 1.55 bits per heavy atom. The third-order valence-corrected chi connectivity index (χ3v) is 4.86. The van der Waals surface area contributed by atoms with Gasteiger partial charge in [0.15, 0.2) is 0 Å². The maximum atomic E-state index is 12.3. The molecule has 5 nitrogen and oxygen atoms in total. The molecule has 0 spiro atoms. The largest absolute Gasteiger partial charge is 0.468 e. The van der Waals surface area contributed by atoms with E-state index in [4.69, 9.17) is 4.74 Å². The smallest absolute Gasteiger partial charge is 0.326 e. The molecule has 1 aromatic heterocycles. The Hall–Kier alpha value is -0.630. The monoisotopic (exact) mass is 389 g/mol. The van der Waals surface area contributed by atoms with E-state index in [-0.39, 0.29) is 12.0 Å². The summed E-state index contributed by atoms with van der Waals surface area (Å²) in [5, 5.41) is 7.96. The molecule has 2 aliphatic carbocycles. The molecule has 2 unspecified atom stereocenters. The van der Waals surface area contributed by atoms with Gasteiger partial charge in [0, 0.05) is 12.2 Å². The highest BCUT2D eigenvalue weighted by atomic mass is 127. The molecule has 2 aliphatic rings. The Bertz CT molecular complexity index is 500. The maximum Gasteiger partial charge on any atom is 0.326 e. The number of ether oxygens (including phenoxy) is 1. The molecule has 0 saturated heterocycles. The van der Waals surface area contributed by atoms with Gasteiger partial charge in [-0.15, -0.1) is 0 Å². The molecule has 2 atom stereocenters. The van der Waals surface area contributed by atoms with Gasteiger partial charge in [-0.25, -0.2) is 0 Å². The quantitative estimate of drug-likeness (QED) is 0.634. The van der Waals surface area contributed by atoms with Gasteiger partial charge >= 0.3 is 5.97 Å². The summed E-state index contributed by atoms with van der Waals surface area (Å²) < 4.78 is 8.22. The van der Waals surface area contributed by atoms with Crippen molar-refractivity contribution in [2.24, 2.45) is 0 Å². The molecule has 1 N–H and O–H groups in total. The first-order valence-corrected chi connectivity index (χ1v) is 8.26. The van der Waals surface area contributed by atoms with E-state index in [1.54, 1.807) is 0 Å². The topological polar surface area (TPSA) is 56.1 Å². The second-order valence-corrected chi connectivity index (χ2v) is 7.13. The van der Waals surface area contributed by atoms with Crippen LogP contribution in [-0.4, -0.2) is 34.4 Å². The van der Waals surface area contributed by atoms with Gasteiger partial charge in [-0.1, -0.05) is 0 Å². The molecule has 0 amide bonds. The summed E-state index contributed by atoms with van der Waals surface area (Å²) in [5.41, 5.74) is -0.518. The van der Waals surface area contributed by atoms with Crippen LogP contribution in [0.4, 0.5) is 0 Å². The SMILES string of the molecule is COC(=O)C1(NC2CC2)CCCC(n2cc(I)cn2)C1. The summed E-state index contributed by atoms with van der Waals surface area (Å²) in [6.07, 6.45) is 9.99. The van der Waals surface area contributed by atoms with Crippen molar-refractivity contribution in [3.05, 3.63) is 16.0 Å². The van der Waals surface area contributed by atoms with Crippen molar-refractivity contribution in [2.45, 2.75) is 56.1 Å². The van der Waals surface area contributed by atoms with Gasteiger partial charge in [-0.3, -0.25) is 14.8 Å². The molecule has 0 aliphatic heterocycles. The number of hydrogen-bond acceptors (Lipinski definition) is 4. The van der Waals surface area contributed by atoms with Gasteiger partial charge < -0.3 is 4.74 Å². The van der Waals surface area contributed by atoms with Crippen molar-refractivity contribution in [3.8, 4) is 0 Å². The number of nitrogens with zero attached hydrogens (tertiary/aromatic N) is 2. The first-order valence-electron chi connectivity index (χ1n) is 7.19. The molecule has 3 rings (SSSR count). The summed E-state index contributed by atoms with van der Waals surface area (Å²) in [5.74, 6) is -0.115. The van der Waals surface area contributed by atoms with Crippen molar-refractivity contribution in [1.82, 2.24) is 15.1 Å². The van der Waals surface area contributed by atoms with E-state index in [0.717, 1.165) is 29.3 Å². The number of aromatic nitrogens is 2. The van der Waals surface area contributed by atoms with Crippen molar-refractivity contribution in [3.63, 3.8) is 0 Å². The second-order valence-electron chi connectivity index (χ2n) is 5.88. The first kappa shape index (κ1) is 14.3. The number of nitrogens with one attached hydrogen (secondary N) is 1. The zero-order valence-electron chi connectivity index (χ0n) is 11.6. The van der Waals surface area contributed by atoms with Crippen LogP contribution in [0.2, 0.25) is 0 Å². The van der Waals surface area contributed by atoms with Crippen molar-refractivity contribution in [2.75, 3.05) is 7.11 Å². The predicted octanol–water partition coefficient (Wildman–Crippen LogP) is 2.27. The lowest BCUT2D eigenvalue weighted by Gasteiger charge is -2.39. The van der Waals surface area contributed by atoms with Crippen LogP contribution < -0.4 is 5.32 Å². The Labute approximate surface area is 132 Å². The average molecular weight is 389 g/mol. The van der Waals surface area contributed by atoms with Crippen LogP contribution in [0.25, 0.3) is 0 Å². The summed E-state index contributed by atoms with van der Waals surface area (Å²) >= 11 is 2.27. The fourth-order valence-corrected chi connectivity index (χ4v) is 3.59. The van der Waals surface area contributed by atoms with Gasteiger partial charge in [-0.2, -0.15) is 5.10 Å². The third-order valence-electron chi connectivity index (χ3n) is 4.30. The fourth-order valence-electron chi connectivity index (χ4n) is 3.18. The molecular weight excluding hydrogens is 369 g/mol. The lowest BCUT2D eigenvalue weighted by atomic mass is 9.78. The minimum atomic E-state index is -0.518. The van der Waals surface area contributed by atoms with Gasteiger partial charge in [0.2, 0.25) is 0 Å². The normalized spacial score (nSPS) is 30.2. The maximum absolute atomic E-state index is 12.3. The number of rotatable bonds is 4. The number of hydrogen-bond donors (Lipinski definition) is 1. The van der Waals surface area contributed by atoms with Crippen LogP contribution in [0, 0.1) is 3.57 Å². The fraction of sp³-hybridized carbons (Fsp3) is 0.714. The summed E-state index contributed by atoms with van der Waals surface area (Å²) in [6.45, 7) is 0. The standard InChI is InChI=1S/C14H20IN3O2/c1-20-13(19)14(17-11-4-5-11)6-2-3-12(7-14)18-9-10(15)8-16-18/h8-9,11-12,17H,2-7H2,1H3. The van der Waals surface area contributed by atoms with E-state index in [2.05, 4.69) is 39.2 Å². The van der Waals surface area contributed by atoms with E-state index in [0.29, 0.717) is 6.04 Å². The predicted molar refractivity (Wildman–Crippen MR) is 83.4 cm³/mol. The van der Waals surface area contributed by atoms with Gasteiger partial charge in [-0.05, 0) is 61.1 Å².